The molecule has 1 atom stereocenters. The molecule has 0 bridgehead atoms. The van der Waals surface area contributed by atoms with Gasteiger partial charge in [0, 0.05) is 12.3 Å². The van der Waals surface area contributed by atoms with Crippen LogP contribution in [0.2, 0.25) is 0 Å². The monoisotopic (exact) mass is 240 g/mol. The van der Waals surface area contributed by atoms with Gasteiger partial charge in [-0.25, -0.2) is 0 Å². The quantitative estimate of drug-likeness (QED) is 0.748. The highest BCUT2D eigenvalue weighted by Crippen LogP contribution is 2.28. The second-order valence-electron chi connectivity index (χ2n) is 4.14. The lowest BCUT2D eigenvalue weighted by Gasteiger charge is -2.15. The molecule has 0 N–H and O–H groups in total. The number of benzene rings is 2. The molecule has 92 valence electrons. The number of hydrogen-bond donors (Lipinski definition) is 0. The van der Waals surface area contributed by atoms with E-state index in [2.05, 4.69) is 12.1 Å². The van der Waals surface area contributed by atoms with Crippen LogP contribution in [0.25, 0.3) is 0 Å². The molecule has 0 aliphatic carbocycles. The summed E-state index contributed by atoms with van der Waals surface area (Å²) < 4.78 is 5.15. The number of carbonyl (C=O) groups excluding carboxylic acids is 1. The Morgan fingerprint density at radius 2 is 1.61 bits per heavy atom. The van der Waals surface area contributed by atoms with Gasteiger partial charge in [-0.15, -0.1) is 0 Å². The summed E-state index contributed by atoms with van der Waals surface area (Å²) in [7, 11) is 1.65. The molecule has 0 spiro atoms. The van der Waals surface area contributed by atoms with Crippen molar-refractivity contribution in [2.75, 3.05) is 7.11 Å². The van der Waals surface area contributed by atoms with Crippen LogP contribution in [-0.4, -0.2) is 13.4 Å². The van der Waals surface area contributed by atoms with Gasteiger partial charge in [0.25, 0.3) is 0 Å². The standard InChI is InChI=1S/C16H16O2/c1-18-15-9-7-14(8-10-15)16(11-12-17)13-5-3-2-4-6-13/h2-10,12,16H,11H2,1H3/t16-/m0/s1. The van der Waals surface area contributed by atoms with Gasteiger partial charge in [0.2, 0.25) is 0 Å². The Kier molecular flexibility index (Phi) is 4.13. The van der Waals surface area contributed by atoms with E-state index in [4.69, 9.17) is 4.74 Å². The van der Waals surface area contributed by atoms with E-state index in [0.29, 0.717) is 6.42 Å². The minimum atomic E-state index is 0.120. The van der Waals surface area contributed by atoms with Crippen LogP contribution in [0.4, 0.5) is 0 Å². The molecule has 0 saturated carbocycles. The molecule has 0 saturated heterocycles. The fourth-order valence-corrected chi connectivity index (χ4v) is 2.08. The van der Waals surface area contributed by atoms with Gasteiger partial charge in [0.05, 0.1) is 7.11 Å². The average Bonchev–Trinajstić information content (AvgIpc) is 2.46. The summed E-state index contributed by atoms with van der Waals surface area (Å²) in [6.45, 7) is 0. The first kappa shape index (κ1) is 12.4. The Balaban J connectivity index is 2.32. The maximum Gasteiger partial charge on any atom is 0.120 e. The zero-order valence-electron chi connectivity index (χ0n) is 10.4. The molecule has 0 aliphatic heterocycles. The van der Waals surface area contributed by atoms with Gasteiger partial charge in [-0.1, -0.05) is 42.5 Å². The first-order chi connectivity index (χ1) is 8.85. The van der Waals surface area contributed by atoms with E-state index in [1.165, 1.54) is 0 Å². The normalized spacial score (nSPS) is 11.8. The molecule has 0 aliphatic rings. The Bertz CT molecular complexity index is 488. The van der Waals surface area contributed by atoms with Crippen LogP contribution in [0.3, 0.4) is 0 Å². The van der Waals surface area contributed by atoms with Crippen molar-refractivity contribution in [2.45, 2.75) is 12.3 Å². The molecule has 18 heavy (non-hydrogen) atoms. The third-order valence-electron chi connectivity index (χ3n) is 3.05. The SMILES string of the molecule is COc1ccc([C@@H](CC=O)c2ccccc2)cc1. The van der Waals surface area contributed by atoms with Crippen LogP contribution in [0.1, 0.15) is 23.5 Å². The summed E-state index contributed by atoms with van der Waals surface area (Å²) in [5.74, 6) is 0.950. The molecule has 0 heterocycles. The zero-order chi connectivity index (χ0) is 12.8. The minimum absolute atomic E-state index is 0.120. The van der Waals surface area contributed by atoms with Gasteiger partial charge in [-0.2, -0.15) is 0 Å². The van der Waals surface area contributed by atoms with Crippen molar-refractivity contribution in [1.29, 1.82) is 0 Å². The number of hydrogen-bond acceptors (Lipinski definition) is 2. The molecule has 0 radical (unpaired) electrons. The highest BCUT2D eigenvalue weighted by atomic mass is 16.5. The molecule has 2 rings (SSSR count). The van der Waals surface area contributed by atoms with E-state index in [9.17, 15) is 4.79 Å². The molecule has 2 aromatic carbocycles. The van der Waals surface area contributed by atoms with Crippen LogP contribution < -0.4 is 4.74 Å². The maximum atomic E-state index is 10.9. The van der Waals surface area contributed by atoms with E-state index in [-0.39, 0.29) is 5.92 Å². The van der Waals surface area contributed by atoms with E-state index >= 15 is 0 Å². The van der Waals surface area contributed by atoms with Gasteiger partial charge >= 0.3 is 0 Å². The van der Waals surface area contributed by atoms with Crippen LogP contribution >= 0.6 is 0 Å². The van der Waals surface area contributed by atoms with Crippen molar-refractivity contribution in [3.8, 4) is 5.75 Å². The number of rotatable bonds is 5. The highest BCUT2D eigenvalue weighted by molar-refractivity contribution is 5.54. The second kappa shape index (κ2) is 6.01. The number of carbonyl (C=O) groups is 1. The predicted octanol–water partition coefficient (Wildman–Crippen LogP) is 3.42. The Morgan fingerprint density at radius 3 is 2.17 bits per heavy atom. The predicted molar refractivity (Wildman–Crippen MR) is 72.0 cm³/mol. The largest absolute Gasteiger partial charge is 0.497 e. The number of aldehydes is 1. The van der Waals surface area contributed by atoms with E-state index in [1.807, 2.05) is 42.5 Å². The molecule has 0 unspecified atom stereocenters. The summed E-state index contributed by atoms with van der Waals surface area (Å²) in [6.07, 6.45) is 1.47. The summed E-state index contributed by atoms with van der Waals surface area (Å²) in [4.78, 5) is 10.9. The number of methoxy groups -OCH3 is 1. The van der Waals surface area contributed by atoms with Crippen molar-refractivity contribution < 1.29 is 9.53 Å². The molecule has 2 heteroatoms. The maximum absolute atomic E-state index is 10.9. The fraction of sp³-hybridized carbons (Fsp3) is 0.188. The molecular weight excluding hydrogens is 224 g/mol. The first-order valence-corrected chi connectivity index (χ1v) is 5.97. The van der Waals surface area contributed by atoms with Gasteiger partial charge in [0.15, 0.2) is 0 Å². The van der Waals surface area contributed by atoms with Crippen molar-refractivity contribution in [1.82, 2.24) is 0 Å². The van der Waals surface area contributed by atoms with Gasteiger partial charge in [-0.05, 0) is 23.3 Å². The Morgan fingerprint density at radius 1 is 1.00 bits per heavy atom. The lowest BCUT2D eigenvalue weighted by Crippen LogP contribution is -2.01. The fourth-order valence-electron chi connectivity index (χ4n) is 2.08. The average molecular weight is 240 g/mol. The zero-order valence-corrected chi connectivity index (χ0v) is 10.4. The summed E-state index contributed by atoms with van der Waals surface area (Å²) >= 11 is 0. The van der Waals surface area contributed by atoms with Gasteiger partial charge in [-0.3, -0.25) is 0 Å². The molecule has 0 amide bonds. The van der Waals surface area contributed by atoms with Crippen LogP contribution in [-0.2, 0) is 4.79 Å². The third-order valence-corrected chi connectivity index (χ3v) is 3.05. The Hall–Kier alpha value is -2.09. The van der Waals surface area contributed by atoms with Crippen molar-refractivity contribution in [3.05, 3.63) is 65.7 Å². The van der Waals surface area contributed by atoms with E-state index in [1.54, 1.807) is 7.11 Å². The van der Waals surface area contributed by atoms with E-state index < -0.39 is 0 Å². The van der Waals surface area contributed by atoms with Crippen LogP contribution in [0, 0.1) is 0 Å². The molecule has 0 fully saturated rings. The van der Waals surface area contributed by atoms with Crippen LogP contribution in [0.5, 0.6) is 5.75 Å². The summed E-state index contributed by atoms with van der Waals surface area (Å²) in [6, 6.07) is 18.0. The smallest absolute Gasteiger partial charge is 0.120 e. The highest BCUT2D eigenvalue weighted by Gasteiger charge is 2.13. The molecular formula is C16H16O2. The van der Waals surface area contributed by atoms with Crippen molar-refractivity contribution in [2.24, 2.45) is 0 Å². The van der Waals surface area contributed by atoms with Crippen LogP contribution in [0.15, 0.2) is 54.6 Å². The van der Waals surface area contributed by atoms with Crippen molar-refractivity contribution in [3.63, 3.8) is 0 Å². The molecule has 2 aromatic rings. The summed E-state index contributed by atoms with van der Waals surface area (Å²) in [5, 5.41) is 0. The lowest BCUT2D eigenvalue weighted by molar-refractivity contribution is -0.108. The minimum Gasteiger partial charge on any atom is -0.497 e. The molecule has 2 nitrogen and oxygen atoms in total. The first-order valence-electron chi connectivity index (χ1n) is 5.97. The second-order valence-corrected chi connectivity index (χ2v) is 4.14. The van der Waals surface area contributed by atoms with Gasteiger partial charge in [0.1, 0.15) is 12.0 Å². The lowest BCUT2D eigenvalue weighted by atomic mass is 9.89. The number of ether oxygens (including phenoxy) is 1. The van der Waals surface area contributed by atoms with Gasteiger partial charge < -0.3 is 9.53 Å². The van der Waals surface area contributed by atoms with Crippen molar-refractivity contribution >= 4 is 6.29 Å². The Labute approximate surface area is 107 Å². The topological polar surface area (TPSA) is 26.3 Å². The van der Waals surface area contributed by atoms with E-state index in [0.717, 1.165) is 23.2 Å². The summed E-state index contributed by atoms with van der Waals surface area (Å²) in [5.41, 5.74) is 2.30. The molecule has 0 aromatic heterocycles. The third kappa shape index (κ3) is 2.77.